The van der Waals surface area contributed by atoms with E-state index in [1.165, 1.54) is 0 Å². The number of aromatic nitrogens is 2. The molecule has 1 N–H and O–H groups in total. The van der Waals surface area contributed by atoms with Crippen molar-refractivity contribution in [3.63, 3.8) is 0 Å². The van der Waals surface area contributed by atoms with Gasteiger partial charge in [-0.3, -0.25) is 0 Å². The first kappa shape index (κ1) is 9.77. The number of nitrogens with one attached hydrogen (secondary N) is 1. The molecule has 1 aromatic rings. The van der Waals surface area contributed by atoms with Gasteiger partial charge < -0.3 is 9.99 Å². The van der Waals surface area contributed by atoms with Crippen molar-refractivity contribution >= 4 is 6.21 Å². The second-order valence-electron chi connectivity index (χ2n) is 2.64. The average molecular weight is 180 g/mol. The van der Waals surface area contributed by atoms with Crippen LogP contribution in [-0.4, -0.2) is 15.8 Å². The molecule has 1 aromatic heterocycles. The number of fused-ring (bicyclic) bond motifs is 1. The van der Waals surface area contributed by atoms with E-state index >= 15 is 0 Å². The summed E-state index contributed by atoms with van der Waals surface area (Å²) in [5.41, 5.74) is 5.07. The Hall–Kier alpha value is -1.32. The molecule has 2 rings (SSSR count). The molecule has 0 aliphatic carbocycles. The summed E-state index contributed by atoms with van der Waals surface area (Å²) in [6, 6.07) is 0. The van der Waals surface area contributed by atoms with Crippen molar-refractivity contribution in [1.82, 2.24) is 15.0 Å². The lowest BCUT2D eigenvalue weighted by molar-refractivity contribution is 0.715. The van der Waals surface area contributed by atoms with Crippen LogP contribution in [0.25, 0.3) is 0 Å². The van der Waals surface area contributed by atoms with Crippen LogP contribution in [0.2, 0.25) is 0 Å². The number of hydrogen-bond acceptors (Lipinski definition) is 3. The van der Waals surface area contributed by atoms with Gasteiger partial charge in [0.15, 0.2) is 0 Å². The second-order valence-corrected chi connectivity index (χ2v) is 2.64. The van der Waals surface area contributed by atoms with Crippen LogP contribution in [0.5, 0.6) is 0 Å². The Labute approximate surface area is 78.7 Å². The number of aryl methyl sites for hydroxylation is 1. The first-order valence-electron chi connectivity index (χ1n) is 4.57. The number of nitrogens with zero attached hydrogens (tertiary/aromatic N) is 3. The molecule has 1 aliphatic heterocycles. The van der Waals surface area contributed by atoms with E-state index in [-0.39, 0.29) is 0 Å². The summed E-state index contributed by atoms with van der Waals surface area (Å²) in [6.45, 7) is 6.74. The lowest BCUT2D eigenvalue weighted by atomic mass is 10.3. The van der Waals surface area contributed by atoms with Crippen molar-refractivity contribution in [2.24, 2.45) is 12.1 Å². The van der Waals surface area contributed by atoms with Gasteiger partial charge in [-0.25, -0.2) is 4.98 Å². The van der Waals surface area contributed by atoms with E-state index in [4.69, 9.17) is 0 Å². The van der Waals surface area contributed by atoms with E-state index in [9.17, 15) is 0 Å². The third-order valence-corrected chi connectivity index (χ3v) is 1.96. The van der Waals surface area contributed by atoms with Gasteiger partial charge in [-0.15, -0.1) is 0 Å². The standard InChI is InChI=1S/C7H10N4.C2H6/c1-5-10-6-3-8-9-4-7(6)11(5)2;1-2/h4,8H,3H2,1-2H3;1-2H3. The molecule has 0 atom stereocenters. The molecule has 0 amide bonds. The molecular formula is C9H16N4. The molecule has 0 unspecified atom stereocenters. The van der Waals surface area contributed by atoms with E-state index in [2.05, 4.69) is 15.5 Å². The molecule has 0 bridgehead atoms. The predicted molar refractivity (Wildman–Crippen MR) is 53.7 cm³/mol. The quantitative estimate of drug-likeness (QED) is 0.651. The average Bonchev–Trinajstić information content (AvgIpc) is 2.47. The molecule has 4 nitrogen and oxygen atoms in total. The molecule has 13 heavy (non-hydrogen) atoms. The van der Waals surface area contributed by atoms with Gasteiger partial charge in [-0.05, 0) is 6.92 Å². The number of hydrazone groups is 1. The lowest BCUT2D eigenvalue weighted by Gasteiger charge is -2.05. The monoisotopic (exact) mass is 180 g/mol. The minimum Gasteiger partial charge on any atom is -0.330 e. The molecule has 0 saturated heterocycles. The molecule has 0 fully saturated rings. The predicted octanol–water partition coefficient (Wildman–Crippen LogP) is 1.19. The van der Waals surface area contributed by atoms with Crippen molar-refractivity contribution < 1.29 is 0 Å². The van der Waals surface area contributed by atoms with Gasteiger partial charge in [-0.2, -0.15) is 5.10 Å². The van der Waals surface area contributed by atoms with Gasteiger partial charge >= 0.3 is 0 Å². The molecule has 0 aromatic carbocycles. The third kappa shape index (κ3) is 1.71. The van der Waals surface area contributed by atoms with Crippen LogP contribution in [0.1, 0.15) is 31.1 Å². The minimum absolute atomic E-state index is 0.744. The Morgan fingerprint density at radius 2 is 2.15 bits per heavy atom. The normalized spacial score (nSPS) is 12.6. The molecule has 0 spiro atoms. The molecular weight excluding hydrogens is 164 g/mol. The van der Waals surface area contributed by atoms with Gasteiger partial charge in [0.25, 0.3) is 0 Å². The summed E-state index contributed by atoms with van der Waals surface area (Å²) < 4.78 is 2.04. The SMILES string of the molecule is CC.Cc1nc2c(n1C)C=NNC2. The van der Waals surface area contributed by atoms with Crippen LogP contribution < -0.4 is 5.43 Å². The highest BCUT2D eigenvalue weighted by molar-refractivity contribution is 5.79. The highest BCUT2D eigenvalue weighted by atomic mass is 15.3. The summed E-state index contributed by atoms with van der Waals surface area (Å²) in [6.07, 6.45) is 1.80. The highest BCUT2D eigenvalue weighted by Gasteiger charge is 2.11. The Balaban J connectivity index is 0.000000396. The summed E-state index contributed by atoms with van der Waals surface area (Å²) in [5.74, 6) is 1.03. The van der Waals surface area contributed by atoms with E-state index in [1.54, 1.807) is 6.21 Å². The zero-order chi connectivity index (χ0) is 9.84. The van der Waals surface area contributed by atoms with Crippen LogP contribution in [-0.2, 0) is 13.6 Å². The highest BCUT2D eigenvalue weighted by Crippen LogP contribution is 2.09. The van der Waals surface area contributed by atoms with E-state index < -0.39 is 0 Å². The summed E-state index contributed by atoms with van der Waals surface area (Å²) in [4.78, 5) is 4.36. The Morgan fingerprint density at radius 1 is 1.46 bits per heavy atom. The van der Waals surface area contributed by atoms with Crippen molar-refractivity contribution in [3.8, 4) is 0 Å². The van der Waals surface area contributed by atoms with Gasteiger partial charge in [0.1, 0.15) is 5.82 Å². The second kappa shape index (κ2) is 4.07. The molecule has 0 radical (unpaired) electrons. The minimum atomic E-state index is 0.744. The molecule has 72 valence electrons. The van der Waals surface area contributed by atoms with Gasteiger partial charge in [0.2, 0.25) is 0 Å². The van der Waals surface area contributed by atoms with Gasteiger partial charge in [-0.1, -0.05) is 13.8 Å². The fraction of sp³-hybridized carbons (Fsp3) is 0.556. The fourth-order valence-electron chi connectivity index (χ4n) is 1.21. The van der Waals surface area contributed by atoms with Crippen molar-refractivity contribution in [3.05, 3.63) is 17.2 Å². The molecule has 2 heterocycles. The molecule has 0 saturated carbocycles. The van der Waals surface area contributed by atoms with Crippen LogP contribution >= 0.6 is 0 Å². The maximum absolute atomic E-state index is 4.36. The van der Waals surface area contributed by atoms with Crippen LogP contribution in [0.3, 0.4) is 0 Å². The van der Waals surface area contributed by atoms with Crippen molar-refractivity contribution in [1.29, 1.82) is 0 Å². The Bertz CT molecular complexity index is 312. The van der Waals surface area contributed by atoms with Gasteiger partial charge in [0.05, 0.1) is 24.1 Å². The smallest absolute Gasteiger partial charge is 0.106 e. The maximum Gasteiger partial charge on any atom is 0.106 e. The third-order valence-electron chi connectivity index (χ3n) is 1.96. The largest absolute Gasteiger partial charge is 0.330 e. The first-order chi connectivity index (χ1) is 6.29. The Kier molecular flexibility index (Phi) is 3.06. The lowest BCUT2D eigenvalue weighted by Crippen LogP contribution is -2.14. The maximum atomic E-state index is 4.36. The zero-order valence-electron chi connectivity index (χ0n) is 8.63. The summed E-state index contributed by atoms with van der Waals surface area (Å²) in [5, 5.41) is 3.96. The van der Waals surface area contributed by atoms with E-state index in [0.29, 0.717) is 0 Å². The topological polar surface area (TPSA) is 42.2 Å². The Morgan fingerprint density at radius 3 is 2.77 bits per heavy atom. The molecule has 1 aliphatic rings. The van der Waals surface area contributed by atoms with Crippen molar-refractivity contribution in [2.75, 3.05) is 0 Å². The zero-order valence-corrected chi connectivity index (χ0v) is 8.63. The number of rotatable bonds is 0. The summed E-state index contributed by atoms with van der Waals surface area (Å²) in [7, 11) is 2.00. The van der Waals surface area contributed by atoms with Crippen LogP contribution in [0.15, 0.2) is 5.10 Å². The van der Waals surface area contributed by atoms with Crippen LogP contribution in [0.4, 0.5) is 0 Å². The molecule has 4 heteroatoms. The first-order valence-corrected chi connectivity index (χ1v) is 4.57. The van der Waals surface area contributed by atoms with Crippen molar-refractivity contribution in [2.45, 2.75) is 27.3 Å². The van der Waals surface area contributed by atoms with E-state index in [1.807, 2.05) is 32.4 Å². The fourth-order valence-corrected chi connectivity index (χ4v) is 1.21. The number of imidazole rings is 1. The van der Waals surface area contributed by atoms with Gasteiger partial charge in [0, 0.05) is 7.05 Å². The van der Waals surface area contributed by atoms with E-state index in [0.717, 1.165) is 23.8 Å². The number of hydrogen-bond donors (Lipinski definition) is 1. The van der Waals surface area contributed by atoms with Crippen LogP contribution in [0, 0.1) is 6.92 Å². The summed E-state index contributed by atoms with van der Waals surface area (Å²) >= 11 is 0.